The second-order valence-corrected chi connectivity index (χ2v) is 8.08. The van der Waals surface area contributed by atoms with E-state index in [9.17, 15) is 14.7 Å². The van der Waals surface area contributed by atoms with Gasteiger partial charge in [-0.15, -0.1) is 0 Å². The van der Waals surface area contributed by atoms with E-state index in [0.717, 1.165) is 18.4 Å². The van der Waals surface area contributed by atoms with Crippen LogP contribution in [-0.2, 0) is 4.79 Å². The van der Waals surface area contributed by atoms with Gasteiger partial charge in [0, 0.05) is 25.2 Å². The minimum absolute atomic E-state index is 0.0211. The van der Waals surface area contributed by atoms with Gasteiger partial charge in [0.15, 0.2) is 0 Å². The number of hydrogen-bond donors (Lipinski definition) is 2. The van der Waals surface area contributed by atoms with Crippen molar-refractivity contribution in [2.24, 2.45) is 11.3 Å². The van der Waals surface area contributed by atoms with Gasteiger partial charge in [-0.05, 0) is 37.3 Å². The number of aliphatic hydroxyl groups is 1. The molecule has 5 heteroatoms. The van der Waals surface area contributed by atoms with Gasteiger partial charge in [-0.1, -0.05) is 38.5 Å². The summed E-state index contributed by atoms with van der Waals surface area (Å²) in [6.07, 6.45) is 0.998. The molecule has 2 rings (SSSR count). The molecule has 2 N–H and O–H groups in total. The van der Waals surface area contributed by atoms with Gasteiger partial charge in [0.05, 0.1) is 12.0 Å². The first-order valence-corrected chi connectivity index (χ1v) is 9.00. The number of benzene rings is 1. The Kier molecular flexibility index (Phi) is 6.22. The van der Waals surface area contributed by atoms with Crippen LogP contribution in [0.1, 0.15) is 49.5 Å². The SMILES string of the molecule is Cc1ccc(C(=O)N2CCCC(C(=O)NCC(O)C(C)(C)C)C2)cc1. The second kappa shape index (κ2) is 8.00. The topological polar surface area (TPSA) is 69.6 Å². The van der Waals surface area contributed by atoms with Crippen LogP contribution in [0.3, 0.4) is 0 Å². The molecule has 5 nitrogen and oxygen atoms in total. The summed E-state index contributed by atoms with van der Waals surface area (Å²) in [5.74, 6) is -0.313. The molecule has 0 spiro atoms. The molecule has 0 aromatic heterocycles. The summed E-state index contributed by atoms with van der Waals surface area (Å²) >= 11 is 0. The highest BCUT2D eigenvalue weighted by atomic mass is 16.3. The van der Waals surface area contributed by atoms with Crippen molar-refractivity contribution in [1.82, 2.24) is 10.2 Å². The molecule has 2 atom stereocenters. The van der Waals surface area contributed by atoms with Crippen LogP contribution in [0.15, 0.2) is 24.3 Å². The quantitative estimate of drug-likeness (QED) is 0.879. The number of amides is 2. The summed E-state index contributed by atoms with van der Waals surface area (Å²) in [6.45, 7) is 9.16. The number of nitrogens with one attached hydrogen (secondary N) is 1. The van der Waals surface area contributed by atoms with Gasteiger partial charge in [0.25, 0.3) is 5.91 Å². The van der Waals surface area contributed by atoms with E-state index in [2.05, 4.69) is 5.32 Å². The average Bonchev–Trinajstić information content (AvgIpc) is 2.58. The van der Waals surface area contributed by atoms with Crippen LogP contribution in [0.5, 0.6) is 0 Å². The van der Waals surface area contributed by atoms with E-state index in [1.54, 1.807) is 4.90 Å². The van der Waals surface area contributed by atoms with E-state index in [4.69, 9.17) is 0 Å². The Morgan fingerprint density at radius 3 is 2.52 bits per heavy atom. The van der Waals surface area contributed by atoms with E-state index in [-0.39, 0.29) is 29.7 Å². The fourth-order valence-corrected chi connectivity index (χ4v) is 2.90. The minimum atomic E-state index is -0.592. The first-order valence-electron chi connectivity index (χ1n) is 9.00. The van der Waals surface area contributed by atoms with E-state index >= 15 is 0 Å². The van der Waals surface area contributed by atoms with Crippen molar-refractivity contribution in [2.45, 2.75) is 46.6 Å². The molecule has 25 heavy (non-hydrogen) atoms. The smallest absolute Gasteiger partial charge is 0.253 e. The fourth-order valence-electron chi connectivity index (χ4n) is 2.90. The van der Waals surface area contributed by atoms with Gasteiger partial charge < -0.3 is 15.3 Å². The number of aliphatic hydroxyl groups excluding tert-OH is 1. The Hall–Kier alpha value is -1.88. The maximum atomic E-state index is 12.6. The molecule has 2 amide bonds. The Labute approximate surface area is 150 Å². The molecular weight excluding hydrogens is 316 g/mol. The first kappa shape index (κ1) is 19.4. The maximum absolute atomic E-state index is 12.6. The van der Waals surface area contributed by atoms with E-state index in [0.29, 0.717) is 18.7 Å². The highest BCUT2D eigenvalue weighted by Gasteiger charge is 2.30. The Morgan fingerprint density at radius 1 is 1.28 bits per heavy atom. The van der Waals surface area contributed by atoms with Crippen LogP contribution in [0.2, 0.25) is 0 Å². The van der Waals surface area contributed by atoms with Crippen molar-refractivity contribution in [3.05, 3.63) is 35.4 Å². The van der Waals surface area contributed by atoms with E-state index < -0.39 is 6.10 Å². The number of carbonyl (C=O) groups excluding carboxylic acids is 2. The molecule has 1 saturated heterocycles. The number of hydrogen-bond acceptors (Lipinski definition) is 3. The lowest BCUT2D eigenvalue weighted by molar-refractivity contribution is -0.127. The molecule has 1 aromatic carbocycles. The van der Waals surface area contributed by atoms with E-state index in [1.807, 2.05) is 52.0 Å². The zero-order valence-electron chi connectivity index (χ0n) is 15.7. The third kappa shape index (κ3) is 5.30. The Bertz CT molecular complexity index is 604. The molecule has 0 radical (unpaired) electrons. The number of piperidine rings is 1. The number of carbonyl (C=O) groups is 2. The Balaban J connectivity index is 1.92. The molecule has 0 bridgehead atoms. The van der Waals surface area contributed by atoms with Gasteiger partial charge in [0.2, 0.25) is 5.91 Å². The predicted octanol–water partition coefficient (Wildman–Crippen LogP) is 2.37. The molecule has 1 heterocycles. The zero-order valence-corrected chi connectivity index (χ0v) is 15.7. The summed E-state index contributed by atoms with van der Waals surface area (Å²) in [7, 11) is 0. The van der Waals surface area contributed by atoms with Crippen LogP contribution < -0.4 is 5.32 Å². The third-order valence-electron chi connectivity index (χ3n) is 4.85. The van der Waals surface area contributed by atoms with Crippen LogP contribution in [0, 0.1) is 18.3 Å². The lowest BCUT2D eigenvalue weighted by Gasteiger charge is -2.33. The monoisotopic (exact) mass is 346 g/mol. The maximum Gasteiger partial charge on any atom is 0.253 e. The molecule has 2 unspecified atom stereocenters. The van der Waals surface area contributed by atoms with Crippen LogP contribution >= 0.6 is 0 Å². The molecule has 1 aromatic rings. The lowest BCUT2D eigenvalue weighted by atomic mass is 9.89. The highest BCUT2D eigenvalue weighted by molar-refractivity contribution is 5.94. The number of aryl methyl sites for hydroxylation is 1. The zero-order chi connectivity index (χ0) is 18.6. The van der Waals surface area contributed by atoms with Crippen molar-refractivity contribution >= 4 is 11.8 Å². The summed E-state index contributed by atoms with van der Waals surface area (Å²) in [5.41, 5.74) is 1.51. The predicted molar refractivity (Wildman–Crippen MR) is 98.3 cm³/mol. The largest absolute Gasteiger partial charge is 0.391 e. The van der Waals surface area contributed by atoms with Gasteiger partial charge in [-0.25, -0.2) is 0 Å². The highest BCUT2D eigenvalue weighted by Crippen LogP contribution is 2.21. The fraction of sp³-hybridized carbons (Fsp3) is 0.600. The lowest BCUT2D eigenvalue weighted by Crippen LogP contribution is -2.47. The molecule has 1 fully saturated rings. The summed E-state index contributed by atoms with van der Waals surface area (Å²) in [5, 5.41) is 12.9. The van der Waals surface area contributed by atoms with Crippen LogP contribution in [-0.4, -0.2) is 47.6 Å². The summed E-state index contributed by atoms with van der Waals surface area (Å²) < 4.78 is 0. The third-order valence-corrected chi connectivity index (χ3v) is 4.85. The van der Waals surface area contributed by atoms with Gasteiger partial charge in [-0.3, -0.25) is 9.59 Å². The van der Waals surface area contributed by atoms with E-state index in [1.165, 1.54) is 0 Å². The number of rotatable bonds is 4. The summed E-state index contributed by atoms with van der Waals surface area (Å²) in [6, 6.07) is 7.52. The molecule has 1 aliphatic heterocycles. The second-order valence-electron chi connectivity index (χ2n) is 8.08. The average molecular weight is 346 g/mol. The minimum Gasteiger partial charge on any atom is -0.391 e. The molecule has 0 aliphatic carbocycles. The Morgan fingerprint density at radius 2 is 1.92 bits per heavy atom. The van der Waals surface area contributed by atoms with Crippen LogP contribution in [0.4, 0.5) is 0 Å². The van der Waals surface area contributed by atoms with Gasteiger partial charge in [-0.2, -0.15) is 0 Å². The first-order chi connectivity index (χ1) is 11.7. The van der Waals surface area contributed by atoms with Crippen LogP contribution in [0.25, 0.3) is 0 Å². The summed E-state index contributed by atoms with van der Waals surface area (Å²) in [4.78, 5) is 26.8. The molecule has 138 valence electrons. The van der Waals surface area contributed by atoms with Crippen molar-refractivity contribution in [3.63, 3.8) is 0 Å². The normalized spacial score (nSPS) is 19.4. The number of nitrogens with zero attached hydrogens (tertiary/aromatic N) is 1. The van der Waals surface area contributed by atoms with Gasteiger partial charge in [0.1, 0.15) is 0 Å². The standard InChI is InChI=1S/C20H30N2O3/c1-14-7-9-15(10-8-14)19(25)22-11-5-6-16(13-22)18(24)21-12-17(23)20(2,3)4/h7-10,16-17,23H,5-6,11-13H2,1-4H3,(H,21,24). The van der Waals surface area contributed by atoms with Gasteiger partial charge >= 0.3 is 0 Å². The van der Waals surface area contributed by atoms with Crippen molar-refractivity contribution in [2.75, 3.05) is 19.6 Å². The molecular formula is C20H30N2O3. The molecule has 0 saturated carbocycles. The molecule has 1 aliphatic rings. The number of likely N-dealkylation sites (tertiary alicyclic amines) is 1. The van der Waals surface area contributed by atoms with Crippen molar-refractivity contribution in [1.29, 1.82) is 0 Å². The van der Waals surface area contributed by atoms with Crippen molar-refractivity contribution < 1.29 is 14.7 Å². The van der Waals surface area contributed by atoms with Crippen molar-refractivity contribution in [3.8, 4) is 0 Å².